The van der Waals surface area contributed by atoms with Gasteiger partial charge < -0.3 is 19.1 Å². The maximum Gasteiger partial charge on any atom is 0.303 e. The van der Waals surface area contributed by atoms with E-state index in [9.17, 15) is 4.79 Å². The molecule has 0 atom stereocenters. The fourth-order valence-corrected chi connectivity index (χ4v) is 3.06. The maximum atomic E-state index is 10.8. The highest BCUT2D eigenvalue weighted by atomic mass is 16.5. The van der Waals surface area contributed by atoms with Gasteiger partial charge in [-0.2, -0.15) is 0 Å². The minimum atomic E-state index is -0.766. The Labute approximate surface area is 129 Å². The summed E-state index contributed by atoms with van der Waals surface area (Å²) in [4.78, 5) is 10.8. The van der Waals surface area contributed by atoms with Crippen LogP contribution >= 0.6 is 0 Å². The first-order valence-corrected chi connectivity index (χ1v) is 7.29. The number of benzene rings is 1. The quantitative estimate of drug-likeness (QED) is 0.922. The molecule has 0 amide bonds. The molecule has 2 heterocycles. The number of aryl methyl sites for hydroxylation is 2. The van der Waals surface area contributed by atoms with E-state index in [4.69, 9.17) is 14.6 Å². The van der Waals surface area contributed by atoms with Gasteiger partial charge in [0, 0.05) is 23.5 Å². The van der Waals surface area contributed by atoms with E-state index in [-0.39, 0.29) is 6.42 Å². The van der Waals surface area contributed by atoms with Crippen molar-refractivity contribution in [1.82, 2.24) is 4.57 Å². The van der Waals surface area contributed by atoms with Gasteiger partial charge in [0.1, 0.15) is 0 Å². The molecule has 0 fully saturated rings. The van der Waals surface area contributed by atoms with E-state index >= 15 is 0 Å². The van der Waals surface area contributed by atoms with Crippen LogP contribution in [0, 0.1) is 0 Å². The van der Waals surface area contributed by atoms with Gasteiger partial charge in [0.2, 0.25) is 0 Å². The van der Waals surface area contributed by atoms with Crippen molar-refractivity contribution in [2.24, 2.45) is 0 Å². The van der Waals surface area contributed by atoms with Crippen LogP contribution in [0.15, 0.2) is 24.3 Å². The fourth-order valence-electron chi connectivity index (χ4n) is 3.06. The molecule has 2 aromatic rings. The van der Waals surface area contributed by atoms with Crippen molar-refractivity contribution in [2.45, 2.75) is 25.8 Å². The molecule has 22 heavy (non-hydrogen) atoms. The predicted octanol–water partition coefficient (Wildman–Crippen LogP) is 2.75. The number of carbonyl (C=O) groups is 1. The van der Waals surface area contributed by atoms with Gasteiger partial charge in [0.15, 0.2) is 11.5 Å². The van der Waals surface area contributed by atoms with Crippen molar-refractivity contribution < 1.29 is 19.4 Å². The van der Waals surface area contributed by atoms with Crippen LogP contribution in [0.4, 0.5) is 0 Å². The van der Waals surface area contributed by atoms with E-state index in [2.05, 4.69) is 10.6 Å². The van der Waals surface area contributed by atoms with Crippen LogP contribution in [0.5, 0.6) is 11.5 Å². The summed E-state index contributed by atoms with van der Waals surface area (Å²) < 4.78 is 13.0. The summed E-state index contributed by atoms with van der Waals surface area (Å²) in [5.74, 6) is 0.688. The minimum absolute atomic E-state index is 0.155. The van der Waals surface area contributed by atoms with Gasteiger partial charge in [0.05, 0.1) is 20.6 Å². The molecule has 0 bridgehead atoms. The van der Waals surface area contributed by atoms with Crippen LogP contribution in [-0.2, 0) is 24.2 Å². The molecule has 0 saturated heterocycles. The molecule has 116 valence electrons. The second-order valence-electron chi connectivity index (χ2n) is 5.37. The second-order valence-corrected chi connectivity index (χ2v) is 5.37. The minimum Gasteiger partial charge on any atom is -0.493 e. The molecule has 0 aliphatic carbocycles. The molecule has 0 unspecified atom stereocenters. The molecular formula is C17H19NO4. The molecule has 0 spiro atoms. The first-order chi connectivity index (χ1) is 10.6. The summed E-state index contributed by atoms with van der Waals surface area (Å²) >= 11 is 0. The highest BCUT2D eigenvalue weighted by Crippen LogP contribution is 2.39. The zero-order valence-electron chi connectivity index (χ0n) is 12.8. The average molecular weight is 301 g/mol. The van der Waals surface area contributed by atoms with Crippen LogP contribution in [0.2, 0.25) is 0 Å². The number of hydrogen-bond donors (Lipinski definition) is 1. The van der Waals surface area contributed by atoms with Crippen molar-refractivity contribution in [3.05, 3.63) is 35.5 Å². The number of hydrogen-bond acceptors (Lipinski definition) is 3. The Balaban J connectivity index is 2.01. The van der Waals surface area contributed by atoms with E-state index in [1.54, 1.807) is 14.2 Å². The highest BCUT2D eigenvalue weighted by Gasteiger charge is 2.21. The van der Waals surface area contributed by atoms with Gasteiger partial charge in [0.25, 0.3) is 0 Å². The number of carboxylic acid groups (broad SMARTS) is 1. The zero-order valence-corrected chi connectivity index (χ0v) is 12.8. The van der Waals surface area contributed by atoms with E-state index < -0.39 is 5.97 Å². The first-order valence-electron chi connectivity index (χ1n) is 7.29. The van der Waals surface area contributed by atoms with Crippen LogP contribution in [0.1, 0.15) is 17.7 Å². The fraction of sp³-hybridized carbons (Fsp3) is 0.353. The Hall–Kier alpha value is -2.43. The van der Waals surface area contributed by atoms with Gasteiger partial charge in [-0.05, 0) is 42.7 Å². The molecular weight excluding hydrogens is 282 g/mol. The Morgan fingerprint density at radius 3 is 2.64 bits per heavy atom. The Morgan fingerprint density at radius 1 is 1.23 bits per heavy atom. The molecule has 0 radical (unpaired) electrons. The summed E-state index contributed by atoms with van der Waals surface area (Å²) in [5.41, 5.74) is 4.54. The SMILES string of the molecule is COc1cc2c(cc1OC)-c1ccc(CCC(=O)O)n1CC2. The third-order valence-corrected chi connectivity index (χ3v) is 4.16. The second kappa shape index (κ2) is 5.75. The van der Waals surface area contributed by atoms with E-state index in [1.807, 2.05) is 18.2 Å². The average Bonchev–Trinajstić information content (AvgIpc) is 2.94. The lowest BCUT2D eigenvalue weighted by atomic mass is 9.97. The first kappa shape index (κ1) is 14.5. The van der Waals surface area contributed by atoms with E-state index in [0.717, 1.165) is 35.7 Å². The Morgan fingerprint density at radius 2 is 1.95 bits per heavy atom. The molecule has 1 N–H and O–H groups in total. The largest absolute Gasteiger partial charge is 0.493 e. The number of rotatable bonds is 5. The summed E-state index contributed by atoms with van der Waals surface area (Å²) in [7, 11) is 3.27. The van der Waals surface area contributed by atoms with Crippen LogP contribution in [-0.4, -0.2) is 29.9 Å². The maximum absolute atomic E-state index is 10.8. The topological polar surface area (TPSA) is 60.7 Å². The zero-order chi connectivity index (χ0) is 15.7. The van der Waals surface area contributed by atoms with Gasteiger partial charge in [-0.25, -0.2) is 0 Å². The number of ether oxygens (including phenoxy) is 2. The smallest absolute Gasteiger partial charge is 0.303 e. The lowest BCUT2D eigenvalue weighted by Gasteiger charge is -2.23. The third kappa shape index (κ3) is 2.43. The standard InChI is InChI=1S/C17H19NO4/c1-21-15-9-11-7-8-18-12(4-6-17(19)20)3-5-14(18)13(11)10-16(15)22-2/h3,5,9-10H,4,6-8H2,1-2H3,(H,19,20). The van der Waals surface area contributed by atoms with Crippen LogP contribution < -0.4 is 9.47 Å². The van der Waals surface area contributed by atoms with Gasteiger partial charge >= 0.3 is 5.97 Å². The number of aliphatic carboxylic acids is 1. The molecule has 1 aliphatic heterocycles. The molecule has 3 rings (SSSR count). The predicted molar refractivity (Wildman–Crippen MR) is 82.6 cm³/mol. The number of fused-ring (bicyclic) bond motifs is 3. The summed E-state index contributed by atoms with van der Waals surface area (Å²) in [5, 5.41) is 8.86. The number of carboxylic acids is 1. The van der Waals surface area contributed by atoms with Crippen molar-refractivity contribution >= 4 is 5.97 Å². The molecule has 5 heteroatoms. The lowest BCUT2D eigenvalue weighted by Crippen LogP contribution is -2.14. The monoisotopic (exact) mass is 301 g/mol. The summed E-state index contributed by atoms with van der Waals surface area (Å²) in [6.07, 6.45) is 1.61. The molecule has 5 nitrogen and oxygen atoms in total. The van der Waals surface area contributed by atoms with Crippen molar-refractivity contribution in [3.8, 4) is 22.8 Å². The number of nitrogens with zero attached hydrogens (tertiary/aromatic N) is 1. The van der Waals surface area contributed by atoms with E-state index in [0.29, 0.717) is 12.2 Å². The Bertz CT molecular complexity index is 718. The normalized spacial score (nSPS) is 12.5. The van der Waals surface area contributed by atoms with Crippen molar-refractivity contribution in [3.63, 3.8) is 0 Å². The lowest BCUT2D eigenvalue weighted by molar-refractivity contribution is -0.136. The number of aromatic nitrogens is 1. The Kier molecular flexibility index (Phi) is 3.79. The molecule has 0 saturated carbocycles. The van der Waals surface area contributed by atoms with Crippen LogP contribution in [0.3, 0.4) is 0 Å². The molecule has 1 aromatic heterocycles. The van der Waals surface area contributed by atoms with Crippen LogP contribution in [0.25, 0.3) is 11.3 Å². The van der Waals surface area contributed by atoms with E-state index in [1.165, 1.54) is 5.56 Å². The van der Waals surface area contributed by atoms with Gasteiger partial charge in [-0.3, -0.25) is 4.79 Å². The van der Waals surface area contributed by atoms with Gasteiger partial charge in [-0.15, -0.1) is 0 Å². The summed E-state index contributed by atoms with van der Waals surface area (Å²) in [6.45, 7) is 0.861. The van der Waals surface area contributed by atoms with Crippen molar-refractivity contribution in [1.29, 1.82) is 0 Å². The molecule has 1 aliphatic rings. The number of methoxy groups -OCH3 is 2. The summed E-state index contributed by atoms with van der Waals surface area (Å²) in [6, 6.07) is 8.10. The molecule has 1 aromatic carbocycles. The third-order valence-electron chi connectivity index (χ3n) is 4.16. The van der Waals surface area contributed by atoms with Gasteiger partial charge in [-0.1, -0.05) is 0 Å². The highest BCUT2D eigenvalue weighted by molar-refractivity contribution is 5.71. The van der Waals surface area contributed by atoms with Crippen molar-refractivity contribution in [2.75, 3.05) is 14.2 Å².